The molecule has 2 nitrogen and oxygen atoms in total. The summed E-state index contributed by atoms with van der Waals surface area (Å²) >= 11 is 1.80. The van der Waals surface area contributed by atoms with E-state index in [1.165, 1.54) is 10.6 Å². The van der Waals surface area contributed by atoms with E-state index in [1.54, 1.807) is 11.3 Å². The van der Waals surface area contributed by atoms with Crippen molar-refractivity contribution in [3.63, 3.8) is 0 Å². The third kappa shape index (κ3) is 2.29. The summed E-state index contributed by atoms with van der Waals surface area (Å²) in [5, 5.41) is 2.12. The van der Waals surface area contributed by atoms with Gasteiger partial charge in [0.1, 0.15) is 5.82 Å². The molecule has 0 radical (unpaired) electrons. The highest BCUT2D eigenvalue weighted by Crippen LogP contribution is 2.26. The summed E-state index contributed by atoms with van der Waals surface area (Å²) in [7, 11) is 0. The second kappa shape index (κ2) is 4.62. The molecule has 0 fully saturated rings. The maximum Gasteiger partial charge on any atom is 0.106 e. The summed E-state index contributed by atoms with van der Waals surface area (Å²) < 4.78 is 0. The molecule has 0 saturated heterocycles. The van der Waals surface area contributed by atoms with Gasteiger partial charge in [-0.25, -0.2) is 4.98 Å². The van der Waals surface area contributed by atoms with Gasteiger partial charge in [0.25, 0.3) is 0 Å². The lowest BCUT2D eigenvalue weighted by molar-refractivity contribution is 0.835. The van der Waals surface area contributed by atoms with Crippen LogP contribution in [0.25, 0.3) is 0 Å². The lowest BCUT2D eigenvalue weighted by Gasteiger charge is -2.05. The average molecular weight is 220 g/mol. The van der Waals surface area contributed by atoms with Gasteiger partial charge < -0.3 is 4.98 Å². The number of hydrogen-bond acceptors (Lipinski definition) is 2. The highest BCUT2D eigenvalue weighted by molar-refractivity contribution is 7.10. The van der Waals surface area contributed by atoms with E-state index in [9.17, 15) is 0 Å². The van der Waals surface area contributed by atoms with Gasteiger partial charge in [0.2, 0.25) is 0 Å². The lowest BCUT2D eigenvalue weighted by Crippen LogP contribution is -1.94. The first-order valence-corrected chi connectivity index (χ1v) is 6.26. The van der Waals surface area contributed by atoms with Crippen LogP contribution in [0.5, 0.6) is 0 Å². The van der Waals surface area contributed by atoms with E-state index >= 15 is 0 Å². The van der Waals surface area contributed by atoms with Crippen LogP contribution in [0, 0.1) is 0 Å². The Balaban J connectivity index is 2.15. The molecule has 2 aromatic rings. The van der Waals surface area contributed by atoms with E-state index in [2.05, 4.69) is 41.3 Å². The number of aromatic amines is 1. The number of nitrogens with zero attached hydrogens (tertiary/aromatic N) is 1. The zero-order valence-electron chi connectivity index (χ0n) is 9.16. The Morgan fingerprint density at radius 2 is 2.40 bits per heavy atom. The fourth-order valence-electron chi connectivity index (χ4n) is 1.65. The van der Waals surface area contributed by atoms with Crippen LogP contribution in [0.2, 0.25) is 0 Å². The van der Waals surface area contributed by atoms with Crippen molar-refractivity contribution in [2.75, 3.05) is 0 Å². The number of aromatic nitrogens is 2. The van der Waals surface area contributed by atoms with Crippen molar-refractivity contribution in [1.29, 1.82) is 0 Å². The van der Waals surface area contributed by atoms with Crippen LogP contribution in [0.15, 0.2) is 23.7 Å². The van der Waals surface area contributed by atoms with E-state index in [-0.39, 0.29) is 0 Å². The van der Waals surface area contributed by atoms with Gasteiger partial charge in [0.15, 0.2) is 0 Å². The number of thiophene rings is 1. The molecule has 0 bridgehead atoms. The third-order valence-corrected chi connectivity index (χ3v) is 3.63. The topological polar surface area (TPSA) is 28.7 Å². The Bertz CT molecular complexity index is 403. The molecule has 0 aliphatic carbocycles. The minimum atomic E-state index is 0.433. The molecule has 2 rings (SSSR count). The zero-order valence-corrected chi connectivity index (χ0v) is 9.97. The van der Waals surface area contributed by atoms with Gasteiger partial charge in [-0.05, 0) is 17.9 Å². The minimum absolute atomic E-state index is 0.433. The van der Waals surface area contributed by atoms with Crippen LogP contribution in [0.1, 0.15) is 42.6 Å². The molecule has 2 heterocycles. The standard InChI is InChI=1S/C12H16N2S/c1-3-5-12-13-8-10(14-12)9(2)11-6-4-7-15-11/h4,6-9H,3,5H2,1-2H3,(H,13,14). The van der Waals surface area contributed by atoms with Gasteiger partial charge in [0.05, 0.1) is 0 Å². The van der Waals surface area contributed by atoms with Crippen LogP contribution in [-0.2, 0) is 6.42 Å². The lowest BCUT2D eigenvalue weighted by atomic mass is 10.1. The van der Waals surface area contributed by atoms with Crippen LogP contribution in [0.3, 0.4) is 0 Å². The van der Waals surface area contributed by atoms with Crippen molar-refractivity contribution >= 4 is 11.3 Å². The van der Waals surface area contributed by atoms with Gasteiger partial charge in [0, 0.05) is 29.1 Å². The van der Waals surface area contributed by atoms with Gasteiger partial charge in [-0.2, -0.15) is 0 Å². The van der Waals surface area contributed by atoms with E-state index in [0.29, 0.717) is 5.92 Å². The van der Waals surface area contributed by atoms with Crippen LogP contribution in [-0.4, -0.2) is 9.97 Å². The van der Waals surface area contributed by atoms with Crippen molar-refractivity contribution in [2.24, 2.45) is 0 Å². The summed E-state index contributed by atoms with van der Waals surface area (Å²) in [5.41, 5.74) is 1.22. The second-order valence-electron chi connectivity index (χ2n) is 3.77. The number of rotatable bonds is 4. The molecule has 80 valence electrons. The Morgan fingerprint density at radius 3 is 3.07 bits per heavy atom. The molecule has 0 amide bonds. The van der Waals surface area contributed by atoms with E-state index in [1.807, 2.05) is 6.20 Å². The minimum Gasteiger partial charge on any atom is -0.345 e. The SMILES string of the molecule is CCCc1ncc(C(C)c2cccs2)[nH]1. The predicted molar refractivity (Wildman–Crippen MR) is 64.4 cm³/mol. The van der Waals surface area contributed by atoms with Crippen molar-refractivity contribution < 1.29 is 0 Å². The molecule has 1 unspecified atom stereocenters. The Kier molecular flexibility index (Phi) is 3.21. The van der Waals surface area contributed by atoms with Crippen molar-refractivity contribution in [2.45, 2.75) is 32.6 Å². The molecule has 1 N–H and O–H groups in total. The molecule has 0 saturated carbocycles. The summed E-state index contributed by atoms with van der Waals surface area (Å²) in [4.78, 5) is 9.17. The number of nitrogens with one attached hydrogen (secondary N) is 1. The molecule has 2 aromatic heterocycles. The van der Waals surface area contributed by atoms with Gasteiger partial charge in [-0.1, -0.05) is 19.9 Å². The van der Waals surface area contributed by atoms with Gasteiger partial charge in [-0.15, -0.1) is 11.3 Å². The first-order chi connectivity index (χ1) is 7.31. The zero-order chi connectivity index (χ0) is 10.7. The fraction of sp³-hybridized carbons (Fsp3) is 0.417. The Hall–Kier alpha value is -1.09. The van der Waals surface area contributed by atoms with Crippen LogP contribution in [0.4, 0.5) is 0 Å². The molecule has 0 spiro atoms. The maximum atomic E-state index is 4.39. The van der Waals surface area contributed by atoms with Crippen molar-refractivity contribution in [1.82, 2.24) is 9.97 Å². The molecular formula is C12H16N2S. The van der Waals surface area contributed by atoms with E-state index in [0.717, 1.165) is 18.7 Å². The normalized spacial score (nSPS) is 12.9. The number of aryl methyl sites for hydroxylation is 1. The van der Waals surface area contributed by atoms with E-state index in [4.69, 9.17) is 0 Å². The number of imidazole rings is 1. The molecular weight excluding hydrogens is 204 g/mol. The second-order valence-corrected chi connectivity index (χ2v) is 4.75. The highest BCUT2D eigenvalue weighted by atomic mass is 32.1. The molecule has 0 aliphatic rings. The van der Waals surface area contributed by atoms with Crippen molar-refractivity contribution in [3.05, 3.63) is 40.1 Å². The summed E-state index contributed by atoms with van der Waals surface area (Å²) in [6, 6.07) is 4.27. The summed E-state index contributed by atoms with van der Waals surface area (Å²) in [6.45, 7) is 4.39. The summed E-state index contributed by atoms with van der Waals surface area (Å²) in [6.07, 6.45) is 4.15. The van der Waals surface area contributed by atoms with E-state index < -0.39 is 0 Å². The largest absolute Gasteiger partial charge is 0.345 e. The summed E-state index contributed by atoms with van der Waals surface area (Å²) in [5.74, 6) is 1.54. The number of H-pyrrole nitrogens is 1. The molecule has 0 aromatic carbocycles. The van der Waals surface area contributed by atoms with Crippen LogP contribution >= 0.6 is 11.3 Å². The fourth-order valence-corrected chi connectivity index (χ4v) is 2.46. The molecule has 1 atom stereocenters. The number of hydrogen-bond donors (Lipinski definition) is 1. The first kappa shape index (κ1) is 10.4. The molecule has 3 heteroatoms. The quantitative estimate of drug-likeness (QED) is 0.838. The highest BCUT2D eigenvalue weighted by Gasteiger charge is 2.11. The third-order valence-electron chi connectivity index (χ3n) is 2.57. The van der Waals surface area contributed by atoms with Gasteiger partial charge in [-0.3, -0.25) is 0 Å². The average Bonchev–Trinajstić information content (AvgIpc) is 2.87. The first-order valence-electron chi connectivity index (χ1n) is 5.38. The maximum absolute atomic E-state index is 4.39. The molecule has 0 aliphatic heterocycles. The smallest absolute Gasteiger partial charge is 0.106 e. The Morgan fingerprint density at radius 1 is 1.53 bits per heavy atom. The van der Waals surface area contributed by atoms with Crippen LogP contribution < -0.4 is 0 Å². The Labute approximate surface area is 94.4 Å². The molecule has 15 heavy (non-hydrogen) atoms. The van der Waals surface area contributed by atoms with Crippen molar-refractivity contribution in [3.8, 4) is 0 Å². The predicted octanol–water partition coefficient (Wildman–Crippen LogP) is 3.58. The van der Waals surface area contributed by atoms with Gasteiger partial charge >= 0.3 is 0 Å². The monoisotopic (exact) mass is 220 g/mol.